The number of benzene rings is 1. The standard InChI is InChI=1S/C17H16F3N5O/c18-17(19,20)10-22-7-11-1-3-12(4-2-11)24-16(26)25-15-9-23-14-5-6-21-8-13(14)15/h1-6,8-9,22-23H,7,10H2,(H2,24,25,26). The smallest absolute Gasteiger partial charge is 0.359 e. The van der Waals surface area contributed by atoms with Crippen LogP contribution in [0.3, 0.4) is 0 Å². The molecule has 2 aromatic heterocycles. The van der Waals surface area contributed by atoms with E-state index in [0.29, 0.717) is 16.9 Å². The van der Waals surface area contributed by atoms with Crippen molar-refractivity contribution in [2.24, 2.45) is 0 Å². The number of anilines is 2. The number of amides is 2. The summed E-state index contributed by atoms with van der Waals surface area (Å²) < 4.78 is 36.3. The van der Waals surface area contributed by atoms with Gasteiger partial charge < -0.3 is 20.9 Å². The number of rotatable bonds is 5. The second kappa shape index (κ2) is 7.44. The molecule has 1 aromatic carbocycles. The summed E-state index contributed by atoms with van der Waals surface area (Å²) >= 11 is 0. The minimum absolute atomic E-state index is 0.0916. The first-order chi connectivity index (χ1) is 12.4. The first-order valence-corrected chi connectivity index (χ1v) is 7.76. The summed E-state index contributed by atoms with van der Waals surface area (Å²) in [6, 6.07) is 7.91. The Morgan fingerprint density at radius 2 is 1.88 bits per heavy atom. The third kappa shape index (κ3) is 4.73. The average molecular weight is 363 g/mol. The highest BCUT2D eigenvalue weighted by Gasteiger charge is 2.25. The largest absolute Gasteiger partial charge is 0.401 e. The maximum Gasteiger partial charge on any atom is 0.401 e. The number of hydrogen-bond donors (Lipinski definition) is 4. The van der Waals surface area contributed by atoms with Crippen LogP contribution in [0.1, 0.15) is 5.56 Å². The van der Waals surface area contributed by atoms with Crippen LogP contribution in [0.2, 0.25) is 0 Å². The number of carbonyl (C=O) groups is 1. The molecule has 9 heteroatoms. The predicted molar refractivity (Wildman–Crippen MR) is 92.9 cm³/mol. The van der Waals surface area contributed by atoms with Gasteiger partial charge in [-0.1, -0.05) is 12.1 Å². The molecule has 0 saturated heterocycles. The van der Waals surface area contributed by atoms with Crippen molar-refractivity contribution in [3.8, 4) is 0 Å². The fourth-order valence-electron chi connectivity index (χ4n) is 2.41. The highest BCUT2D eigenvalue weighted by molar-refractivity contribution is 6.05. The number of aromatic nitrogens is 2. The number of aromatic amines is 1. The van der Waals surface area contributed by atoms with E-state index >= 15 is 0 Å². The summed E-state index contributed by atoms with van der Waals surface area (Å²) in [5, 5.41) is 8.49. The van der Waals surface area contributed by atoms with E-state index in [2.05, 4.69) is 25.9 Å². The van der Waals surface area contributed by atoms with Crippen molar-refractivity contribution < 1.29 is 18.0 Å². The molecule has 2 heterocycles. The van der Waals surface area contributed by atoms with Gasteiger partial charge in [-0.15, -0.1) is 0 Å². The van der Waals surface area contributed by atoms with Crippen LogP contribution in [0.25, 0.3) is 10.9 Å². The maximum atomic E-state index is 12.1. The van der Waals surface area contributed by atoms with Crippen LogP contribution in [0, 0.1) is 0 Å². The predicted octanol–water partition coefficient (Wildman–Crippen LogP) is 3.86. The average Bonchev–Trinajstić information content (AvgIpc) is 2.98. The molecule has 0 aliphatic carbocycles. The van der Waals surface area contributed by atoms with Gasteiger partial charge in [-0.3, -0.25) is 4.98 Å². The third-order valence-electron chi connectivity index (χ3n) is 3.60. The van der Waals surface area contributed by atoms with Crippen LogP contribution in [0.4, 0.5) is 29.3 Å². The molecule has 0 saturated carbocycles. The number of pyridine rings is 1. The number of fused-ring (bicyclic) bond motifs is 1. The Kier molecular flexibility index (Phi) is 5.08. The van der Waals surface area contributed by atoms with Crippen LogP contribution in [0.15, 0.2) is 48.9 Å². The van der Waals surface area contributed by atoms with Gasteiger partial charge in [0.05, 0.1) is 17.7 Å². The van der Waals surface area contributed by atoms with E-state index in [1.165, 1.54) is 0 Å². The van der Waals surface area contributed by atoms with E-state index in [1.54, 1.807) is 48.9 Å². The quantitative estimate of drug-likeness (QED) is 0.556. The fraction of sp³-hybridized carbons (Fsp3) is 0.176. The van der Waals surface area contributed by atoms with Gasteiger partial charge in [0, 0.05) is 36.2 Å². The number of H-pyrrole nitrogens is 1. The lowest BCUT2D eigenvalue weighted by Crippen LogP contribution is -2.28. The van der Waals surface area contributed by atoms with Gasteiger partial charge in [0.2, 0.25) is 0 Å². The third-order valence-corrected chi connectivity index (χ3v) is 3.60. The van der Waals surface area contributed by atoms with E-state index in [4.69, 9.17) is 0 Å². The minimum Gasteiger partial charge on any atom is -0.359 e. The van der Waals surface area contributed by atoms with Crippen molar-refractivity contribution >= 4 is 28.3 Å². The van der Waals surface area contributed by atoms with Crippen LogP contribution in [-0.4, -0.2) is 28.7 Å². The lowest BCUT2D eigenvalue weighted by molar-refractivity contribution is -0.125. The lowest BCUT2D eigenvalue weighted by Gasteiger charge is -2.10. The monoisotopic (exact) mass is 363 g/mol. The summed E-state index contributed by atoms with van der Waals surface area (Å²) in [4.78, 5) is 19.1. The van der Waals surface area contributed by atoms with E-state index in [-0.39, 0.29) is 6.54 Å². The molecule has 3 rings (SSSR count). The Labute approximate surface area is 146 Å². The Hall–Kier alpha value is -3.07. The Morgan fingerprint density at radius 3 is 2.62 bits per heavy atom. The van der Waals surface area contributed by atoms with E-state index in [0.717, 1.165) is 10.9 Å². The maximum absolute atomic E-state index is 12.1. The molecule has 0 atom stereocenters. The molecule has 136 valence electrons. The SMILES string of the molecule is O=C(Nc1ccc(CNCC(F)(F)F)cc1)Nc1c[nH]c2ccncc12. The number of urea groups is 1. The normalized spacial score (nSPS) is 11.5. The number of alkyl halides is 3. The van der Waals surface area contributed by atoms with E-state index in [1.807, 2.05) is 0 Å². The van der Waals surface area contributed by atoms with Crippen LogP contribution in [0.5, 0.6) is 0 Å². The molecule has 0 bridgehead atoms. The van der Waals surface area contributed by atoms with Gasteiger partial charge >= 0.3 is 12.2 Å². The first-order valence-electron chi connectivity index (χ1n) is 7.76. The van der Waals surface area contributed by atoms with Crippen molar-refractivity contribution in [2.45, 2.75) is 12.7 Å². The molecule has 4 N–H and O–H groups in total. The van der Waals surface area contributed by atoms with Gasteiger partial charge in [0.1, 0.15) is 0 Å². The first kappa shape index (κ1) is 17.7. The number of carbonyl (C=O) groups excluding carboxylic acids is 1. The number of nitrogens with zero attached hydrogens (tertiary/aromatic N) is 1. The van der Waals surface area contributed by atoms with Gasteiger partial charge in [-0.05, 0) is 23.8 Å². The molecule has 0 spiro atoms. The van der Waals surface area contributed by atoms with Crippen molar-refractivity contribution in [3.05, 3.63) is 54.5 Å². The summed E-state index contributed by atoms with van der Waals surface area (Å²) in [6.45, 7) is -0.955. The molecule has 0 fully saturated rings. The lowest BCUT2D eigenvalue weighted by atomic mass is 10.2. The molecule has 2 amide bonds. The minimum atomic E-state index is -4.24. The van der Waals surface area contributed by atoms with Crippen LogP contribution < -0.4 is 16.0 Å². The Morgan fingerprint density at radius 1 is 1.12 bits per heavy atom. The molecular weight excluding hydrogens is 347 g/mol. The molecule has 0 radical (unpaired) electrons. The molecular formula is C17H16F3N5O. The van der Waals surface area contributed by atoms with Gasteiger partial charge in [0.15, 0.2) is 0 Å². The topological polar surface area (TPSA) is 81.8 Å². The second-order valence-electron chi connectivity index (χ2n) is 5.62. The molecule has 6 nitrogen and oxygen atoms in total. The zero-order valence-corrected chi connectivity index (χ0v) is 13.5. The number of halogens is 3. The van der Waals surface area contributed by atoms with Gasteiger partial charge in [-0.2, -0.15) is 13.2 Å². The summed E-state index contributed by atoms with van der Waals surface area (Å²) in [7, 11) is 0. The molecule has 0 unspecified atom stereocenters. The number of nitrogens with one attached hydrogen (secondary N) is 4. The second-order valence-corrected chi connectivity index (χ2v) is 5.62. The van der Waals surface area contributed by atoms with Crippen molar-refractivity contribution in [1.82, 2.24) is 15.3 Å². The Bertz CT molecular complexity index is 889. The van der Waals surface area contributed by atoms with Crippen molar-refractivity contribution in [2.75, 3.05) is 17.2 Å². The molecule has 3 aromatic rings. The van der Waals surface area contributed by atoms with Crippen LogP contribution in [-0.2, 0) is 6.54 Å². The highest BCUT2D eigenvalue weighted by Crippen LogP contribution is 2.21. The van der Waals surface area contributed by atoms with Gasteiger partial charge in [0.25, 0.3) is 0 Å². The molecule has 0 aliphatic rings. The highest BCUT2D eigenvalue weighted by atomic mass is 19.4. The summed E-state index contributed by atoms with van der Waals surface area (Å²) in [5.74, 6) is 0. The van der Waals surface area contributed by atoms with Crippen molar-refractivity contribution in [1.29, 1.82) is 0 Å². The zero-order chi connectivity index (χ0) is 18.6. The Balaban J connectivity index is 1.54. The summed E-state index contributed by atoms with van der Waals surface area (Å²) in [6.07, 6.45) is 0.719. The van der Waals surface area contributed by atoms with Crippen molar-refractivity contribution in [3.63, 3.8) is 0 Å². The van der Waals surface area contributed by atoms with E-state index in [9.17, 15) is 18.0 Å². The molecule has 0 aliphatic heterocycles. The summed E-state index contributed by atoms with van der Waals surface area (Å²) in [5.41, 5.74) is 2.66. The van der Waals surface area contributed by atoms with Crippen LogP contribution >= 0.6 is 0 Å². The van der Waals surface area contributed by atoms with E-state index < -0.39 is 18.8 Å². The molecule has 26 heavy (non-hydrogen) atoms. The van der Waals surface area contributed by atoms with Gasteiger partial charge in [-0.25, -0.2) is 4.79 Å². The number of hydrogen-bond acceptors (Lipinski definition) is 3. The zero-order valence-electron chi connectivity index (χ0n) is 13.5. The fourth-order valence-corrected chi connectivity index (χ4v) is 2.41.